The Labute approximate surface area is 149 Å². The molecule has 0 spiro atoms. The first-order valence-corrected chi connectivity index (χ1v) is 8.85. The molecule has 26 heavy (non-hydrogen) atoms. The molecule has 0 unspecified atom stereocenters. The van der Waals surface area contributed by atoms with Crippen LogP contribution in [0.2, 0.25) is 0 Å². The van der Waals surface area contributed by atoms with E-state index in [2.05, 4.69) is 10.0 Å². The lowest BCUT2D eigenvalue weighted by molar-refractivity contribution is -0.387. The van der Waals surface area contributed by atoms with Gasteiger partial charge in [0.05, 0.1) is 9.82 Å². The maximum Gasteiger partial charge on any atom is 0.306 e. The third-order valence-electron chi connectivity index (χ3n) is 3.84. The van der Waals surface area contributed by atoms with Gasteiger partial charge in [-0.15, -0.1) is 0 Å². The van der Waals surface area contributed by atoms with Crippen LogP contribution in [0.5, 0.6) is 0 Å². The maximum atomic E-state index is 13.4. The van der Waals surface area contributed by atoms with E-state index in [1.165, 1.54) is 25.2 Å². The molecule has 10 heteroatoms. The summed E-state index contributed by atoms with van der Waals surface area (Å²) in [7, 11) is -2.51. The lowest BCUT2D eigenvalue weighted by Crippen LogP contribution is -2.21. The minimum atomic E-state index is -3.77. The number of amides is 1. The molecular weight excluding hydrogens is 365 g/mol. The predicted molar refractivity (Wildman–Crippen MR) is 93.2 cm³/mol. The monoisotopic (exact) mass is 381 g/mol. The van der Waals surface area contributed by atoms with Crippen molar-refractivity contribution >= 4 is 27.3 Å². The number of hydrogen-bond acceptors (Lipinski definition) is 5. The number of nitrogens with one attached hydrogen (secondary N) is 2. The van der Waals surface area contributed by atoms with Crippen molar-refractivity contribution < 1.29 is 22.5 Å². The summed E-state index contributed by atoms with van der Waals surface area (Å²) in [6, 6.07) is 5.63. The Morgan fingerprint density at radius 2 is 1.85 bits per heavy atom. The van der Waals surface area contributed by atoms with Crippen LogP contribution in [0.4, 0.5) is 15.8 Å². The van der Waals surface area contributed by atoms with Gasteiger partial charge in [-0.05, 0) is 56.3 Å². The second-order valence-electron chi connectivity index (χ2n) is 5.50. The number of nitrogens with zero attached hydrogens (tertiary/aromatic N) is 1. The van der Waals surface area contributed by atoms with Gasteiger partial charge in [0, 0.05) is 17.3 Å². The lowest BCUT2D eigenvalue weighted by Gasteiger charge is -2.12. The lowest BCUT2D eigenvalue weighted by atomic mass is 10.1. The second-order valence-corrected chi connectivity index (χ2v) is 7.36. The van der Waals surface area contributed by atoms with E-state index in [0.717, 1.165) is 12.1 Å². The normalized spacial score (nSPS) is 11.2. The fraction of sp³-hybridized carbons (Fsp3) is 0.188. The molecule has 0 radical (unpaired) electrons. The fourth-order valence-electron chi connectivity index (χ4n) is 2.28. The first kappa shape index (κ1) is 19.5. The van der Waals surface area contributed by atoms with Gasteiger partial charge in [-0.2, -0.15) is 4.39 Å². The Kier molecular flexibility index (Phi) is 5.38. The molecule has 8 nitrogen and oxygen atoms in total. The van der Waals surface area contributed by atoms with Crippen molar-refractivity contribution in [3.05, 3.63) is 63.0 Å². The summed E-state index contributed by atoms with van der Waals surface area (Å²) in [4.78, 5) is 22.3. The van der Waals surface area contributed by atoms with Crippen molar-refractivity contribution in [1.29, 1.82) is 0 Å². The number of hydrogen-bond donors (Lipinski definition) is 2. The highest BCUT2D eigenvalue weighted by Crippen LogP contribution is 2.24. The molecule has 1 amide bonds. The molecule has 2 N–H and O–H groups in total. The van der Waals surface area contributed by atoms with E-state index in [0.29, 0.717) is 11.1 Å². The summed E-state index contributed by atoms with van der Waals surface area (Å²) < 4.78 is 39.8. The number of benzene rings is 2. The summed E-state index contributed by atoms with van der Waals surface area (Å²) in [5, 5.41) is 13.2. The Morgan fingerprint density at radius 3 is 2.42 bits per heavy atom. The van der Waals surface area contributed by atoms with Crippen molar-refractivity contribution in [3.8, 4) is 0 Å². The van der Waals surface area contributed by atoms with Crippen molar-refractivity contribution in [1.82, 2.24) is 4.72 Å². The molecule has 0 aliphatic rings. The molecule has 2 aromatic rings. The van der Waals surface area contributed by atoms with Crippen molar-refractivity contribution in [2.45, 2.75) is 18.7 Å². The SMILES string of the molecule is CNS(=O)(=O)c1cc(C(=O)Nc2ccc(F)c([N+](=O)[O-])c2)cc(C)c1C. The van der Waals surface area contributed by atoms with E-state index in [9.17, 15) is 27.7 Å². The Hall–Kier alpha value is -2.85. The second kappa shape index (κ2) is 7.18. The van der Waals surface area contributed by atoms with Gasteiger partial charge in [-0.1, -0.05) is 0 Å². The van der Waals surface area contributed by atoms with Gasteiger partial charge < -0.3 is 5.32 Å². The van der Waals surface area contributed by atoms with Gasteiger partial charge in [0.2, 0.25) is 15.8 Å². The van der Waals surface area contributed by atoms with E-state index >= 15 is 0 Å². The van der Waals surface area contributed by atoms with E-state index in [-0.39, 0.29) is 16.1 Å². The Morgan fingerprint density at radius 1 is 1.19 bits per heavy atom. The largest absolute Gasteiger partial charge is 0.322 e. The molecule has 0 fully saturated rings. The van der Waals surface area contributed by atoms with Crippen molar-refractivity contribution in [2.75, 3.05) is 12.4 Å². The van der Waals surface area contributed by atoms with Gasteiger partial charge in [0.25, 0.3) is 5.91 Å². The molecule has 0 heterocycles. The molecular formula is C16H16FN3O5S. The fourth-order valence-corrected chi connectivity index (χ4v) is 3.35. The maximum absolute atomic E-state index is 13.4. The number of anilines is 1. The summed E-state index contributed by atoms with van der Waals surface area (Å²) in [5.41, 5.74) is 0.361. The van der Waals surface area contributed by atoms with E-state index in [1.807, 2.05) is 0 Å². The van der Waals surface area contributed by atoms with Crippen LogP contribution in [0.15, 0.2) is 35.2 Å². The van der Waals surface area contributed by atoms with Crippen LogP contribution in [0.25, 0.3) is 0 Å². The van der Waals surface area contributed by atoms with Crippen molar-refractivity contribution in [3.63, 3.8) is 0 Å². The summed E-state index contributed by atoms with van der Waals surface area (Å²) in [6.45, 7) is 3.27. The minimum absolute atomic E-state index is 0.0133. The molecule has 138 valence electrons. The Bertz CT molecular complexity index is 1010. The molecule has 2 aromatic carbocycles. The first-order valence-electron chi connectivity index (χ1n) is 7.37. The number of nitro benzene ring substituents is 1. The first-order chi connectivity index (χ1) is 12.1. The van der Waals surface area contributed by atoms with Crippen LogP contribution in [-0.2, 0) is 10.0 Å². The number of nitro groups is 1. The van der Waals surface area contributed by atoms with E-state index in [1.54, 1.807) is 13.8 Å². The van der Waals surface area contributed by atoms with Crippen LogP contribution in [0.3, 0.4) is 0 Å². The molecule has 0 aliphatic carbocycles. The highest BCUT2D eigenvalue weighted by atomic mass is 32.2. The average molecular weight is 381 g/mol. The molecule has 0 saturated heterocycles. The van der Waals surface area contributed by atoms with Gasteiger partial charge in [-0.25, -0.2) is 13.1 Å². The number of halogens is 1. The summed E-state index contributed by atoms with van der Waals surface area (Å²) in [5.74, 6) is -1.71. The number of rotatable bonds is 5. The molecule has 0 bridgehead atoms. The number of aryl methyl sites for hydroxylation is 1. The third kappa shape index (κ3) is 3.86. The van der Waals surface area contributed by atoms with E-state index in [4.69, 9.17) is 0 Å². The molecule has 0 atom stereocenters. The van der Waals surface area contributed by atoms with E-state index < -0.39 is 32.4 Å². The molecule has 2 rings (SSSR count). The number of carbonyl (C=O) groups is 1. The summed E-state index contributed by atoms with van der Waals surface area (Å²) in [6.07, 6.45) is 0. The van der Waals surface area contributed by atoms with Crippen LogP contribution in [0.1, 0.15) is 21.5 Å². The van der Waals surface area contributed by atoms with Gasteiger partial charge in [-0.3, -0.25) is 14.9 Å². The zero-order valence-electron chi connectivity index (χ0n) is 14.2. The minimum Gasteiger partial charge on any atom is -0.322 e. The molecule has 0 aliphatic heterocycles. The van der Waals surface area contributed by atoms with Crippen LogP contribution in [0, 0.1) is 29.8 Å². The standard InChI is InChI=1S/C16H16FN3O5S/c1-9-6-11(7-15(10(9)2)26(24,25)18-3)16(21)19-12-4-5-13(17)14(8-12)20(22)23/h4-8,18H,1-3H3,(H,19,21). The molecule has 0 saturated carbocycles. The van der Waals surface area contributed by atoms with Gasteiger partial charge in [0.1, 0.15) is 0 Å². The predicted octanol–water partition coefficient (Wildman–Crippen LogP) is 2.51. The zero-order valence-corrected chi connectivity index (χ0v) is 15.0. The van der Waals surface area contributed by atoms with Crippen LogP contribution in [-0.4, -0.2) is 26.3 Å². The topological polar surface area (TPSA) is 118 Å². The highest BCUT2D eigenvalue weighted by molar-refractivity contribution is 7.89. The smallest absolute Gasteiger partial charge is 0.306 e. The number of sulfonamides is 1. The Balaban J connectivity index is 2.42. The summed E-state index contributed by atoms with van der Waals surface area (Å²) >= 11 is 0. The van der Waals surface area contributed by atoms with Crippen LogP contribution >= 0.6 is 0 Å². The van der Waals surface area contributed by atoms with Gasteiger partial charge >= 0.3 is 5.69 Å². The average Bonchev–Trinajstić information content (AvgIpc) is 2.58. The van der Waals surface area contributed by atoms with Gasteiger partial charge in [0.15, 0.2) is 0 Å². The third-order valence-corrected chi connectivity index (χ3v) is 5.38. The van der Waals surface area contributed by atoms with Crippen LogP contribution < -0.4 is 10.0 Å². The quantitative estimate of drug-likeness (QED) is 0.609. The van der Waals surface area contributed by atoms with Crippen molar-refractivity contribution in [2.24, 2.45) is 0 Å². The molecule has 0 aromatic heterocycles. The zero-order chi connectivity index (χ0) is 19.6. The highest BCUT2D eigenvalue weighted by Gasteiger charge is 2.20. The number of carbonyl (C=O) groups excluding carboxylic acids is 1.